The summed E-state index contributed by atoms with van der Waals surface area (Å²) >= 11 is 2.78. The maximum Gasteiger partial charge on any atom is 0.266 e. The number of fused-ring (bicyclic) bond motifs is 2. The van der Waals surface area contributed by atoms with Crippen LogP contribution in [0.4, 0.5) is 10.1 Å². The molecule has 2 heterocycles. The van der Waals surface area contributed by atoms with Crippen molar-refractivity contribution in [2.45, 2.75) is 12.1 Å². The van der Waals surface area contributed by atoms with Gasteiger partial charge in [0.1, 0.15) is 10.8 Å². The van der Waals surface area contributed by atoms with Crippen molar-refractivity contribution in [2.24, 2.45) is 0 Å². The van der Waals surface area contributed by atoms with Gasteiger partial charge in [-0.15, -0.1) is 23.7 Å². The highest BCUT2D eigenvalue weighted by Crippen LogP contribution is 2.31. The van der Waals surface area contributed by atoms with Crippen molar-refractivity contribution in [1.82, 2.24) is 14.5 Å². The molecule has 0 spiro atoms. The van der Waals surface area contributed by atoms with Crippen LogP contribution in [0.5, 0.6) is 0 Å². The van der Waals surface area contributed by atoms with Crippen molar-refractivity contribution in [3.8, 4) is 16.3 Å². The molecule has 6 aromatic rings. The van der Waals surface area contributed by atoms with Crippen LogP contribution in [0.25, 0.3) is 37.4 Å². The average Bonchev–Trinajstić information content (AvgIpc) is 3.36. The molecule has 0 radical (unpaired) electrons. The molecule has 0 aliphatic rings. The summed E-state index contributed by atoms with van der Waals surface area (Å²) in [7, 11) is 0. The van der Waals surface area contributed by atoms with Crippen molar-refractivity contribution in [3.63, 3.8) is 0 Å². The third-order valence-corrected chi connectivity index (χ3v) is 8.13. The lowest BCUT2D eigenvalue weighted by Gasteiger charge is -2.13. The van der Waals surface area contributed by atoms with Gasteiger partial charge in [-0.3, -0.25) is 14.2 Å². The van der Waals surface area contributed by atoms with Crippen molar-refractivity contribution >= 4 is 68.2 Å². The van der Waals surface area contributed by atoms with Crippen LogP contribution < -0.4 is 10.9 Å². The van der Waals surface area contributed by atoms with E-state index in [2.05, 4.69) is 29.4 Å². The molecule has 1 N–H and O–H groups in total. The maximum atomic E-state index is 13.5. The molecule has 10 heteroatoms. The number of thiazole rings is 1. The van der Waals surface area contributed by atoms with Crippen LogP contribution in [0.3, 0.4) is 0 Å². The molecule has 200 valence electrons. The van der Waals surface area contributed by atoms with Crippen molar-refractivity contribution in [2.75, 3.05) is 11.1 Å². The summed E-state index contributed by atoms with van der Waals surface area (Å²) in [5.41, 5.74) is 4.52. The normalized spacial score (nSPS) is 10.9. The smallest absolute Gasteiger partial charge is 0.266 e. The highest BCUT2D eigenvalue weighted by molar-refractivity contribution is 7.99. The summed E-state index contributed by atoms with van der Waals surface area (Å²) in [6.07, 6.45) is 0. The summed E-state index contributed by atoms with van der Waals surface area (Å²) in [5.74, 6) is -0.611. The first-order chi connectivity index (χ1) is 18.9. The molecule has 0 bridgehead atoms. The zero-order valence-corrected chi connectivity index (χ0v) is 23.6. The van der Waals surface area contributed by atoms with Crippen molar-refractivity contribution in [3.05, 3.63) is 113 Å². The molecule has 6 rings (SSSR count). The summed E-state index contributed by atoms with van der Waals surface area (Å²) in [4.78, 5) is 35.5. The number of carbonyl (C=O) groups is 1. The Morgan fingerprint density at radius 3 is 2.48 bits per heavy atom. The Labute approximate surface area is 243 Å². The summed E-state index contributed by atoms with van der Waals surface area (Å²) in [6.45, 7) is 2.06. The van der Waals surface area contributed by atoms with Crippen LogP contribution in [0, 0.1) is 12.7 Å². The van der Waals surface area contributed by atoms with Gasteiger partial charge in [0.2, 0.25) is 5.91 Å². The number of hydrogen-bond donors (Lipinski definition) is 1. The number of nitrogens with one attached hydrogen (secondary N) is 1. The molecular formula is C30H22ClFN4O2S2. The number of para-hydroxylation sites is 1. The van der Waals surface area contributed by atoms with E-state index in [4.69, 9.17) is 4.98 Å². The second kappa shape index (κ2) is 11.6. The maximum absolute atomic E-state index is 13.5. The largest absolute Gasteiger partial charge is 0.325 e. The van der Waals surface area contributed by atoms with Gasteiger partial charge in [0.05, 0.1) is 32.6 Å². The molecule has 6 nitrogen and oxygen atoms in total. The van der Waals surface area contributed by atoms with Gasteiger partial charge >= 0.3 is 0 Å². The highest BCUT2D eigenvalue weighted by atomic mass is 35.5. The van der Waals surface area contributed by atoms with Crippen LogP contribution >= 0.6 is 35.5 Å². The molecular weight excluding hydrogens is 567 g/mol. The van der Waals surface area contributed by atoms with Crippen LogP contribution in [0.2, 0.25) is 0 Å². The zero-order valence-electron chi connectivity index (χ0n) is 21.1. The van der Waals surface area contributed by atoms with Gasteiger partial charge in [-0.1, -0.05) is 30.0 Å². The first kappa shape index (κ1) is 27.5. The predicted octanol–water partition coefficient (Wildman–Crippen LogP) is 7.26. The van der Waals surface area contributed by atoms with Gasteiger partial charge in [0, 0.05) is 11.3 Å². The molecule has 2 aromatic heterocycles. The van der Waals surface area contributed by atoms with E-state index in [1.54, 1.807) is 35.6 Å². The minimum absolute atomic E-state index is 0. The number of halogens is 2. The molecule has 4 aromatic carbocycles. The number of hydrogen-bond acceptors (Lipinski definition) is 6. The minimum atomic E-state index is -0.404. The highest BCUT2D eigenvalue weighted by Gasteiger charge is 2.15. The third kappa shape index (κ3) is 5.62. The van der Waals surface area contributed by atoms with Crippen molar-refractivity contribution in [1.29, 1.82) is 0 Å². The Hall–Kier alpha value is -4.05. The second-order valence-corrected chi connectivity index (χ2v) is 10.9. The van der Waals surface area contributed by atoms with Gasteiger partial charge in [0.25, 0.3) is 5.56 Å². The Morgan fingerprint density at radius 2 is 1.70 bits per heavy atom. The number of nitrogens with zero attached hydrogens (tertiary/aromatic N) is 3. The van der Waals surface area contributed by atoms with Crippen LogP contribution in [-0.2, 0) is 4.79 Å². The van der Waals surface area contributed by atoms with Gasteiger partial charge < -0.3 is 5.32 Å². The van der Waals surface area contributed by atoms with E-state index in [-0.39, 0.29) is 29.6 Å². The number of aromatic nitrogens is 3. The van der Waals surface area contributed by atoms with Gasteiger partial charge in [-0.25, -0.2) is 14.4 Å². The monoisotopic (exact) mass is 588 g/mol. The lowest BCUT2D eigenvalue weighted by Crippen LogP contribution is -2.23. The predicted molar refractivity (Wildman–Crippen MR) is 164 cm³/mol. The number of amides is 1. The number of benzene rings is 4. The van der Waals surface area contributed by atoms with E-state index >= 15 is 0 Å². The lowest BCUT2D eigenvalue weighted by molar-refractivity contribution is -0.113. The van der Waals surface area contributed by atoms with Crippen LogP contribution in [0.1, 0.15) is 5.56 Å². The molecule has 0 saturated heterocycles. The average molecular weight is 589 g/mol. The second-order valence-electron chi connectivity index (χ2n) is 8.93. The molecule has 0 unspecified atom stereocenters. The number of anilines is 1. The SMILES string of the molecule is Cc1ccc2nc(-c3ccc(NC(=O)CSc4nc5ccccc5c(=O)n4-c4ccc(F)cc4)cc3)sc2c1.Cl. The standard InChI is InChI=1S/C30H21FN4O2S2.ClH/c1-18-6-15-25-26(16-18)39-28(33-25)19-7-11-21(12-8-19)32-27(36)17-38-30-34-24-5-3-2-4-23(24)29(37)35(30)22-13-9-20(31)10-14-22;/h2-16H,17H2,1H3,(H,32,36);1H. The molecule has 0 aliphatic carbocycles. The first-order valence-corrected chi connectivity index (χ1v) is 13.9. The fourth-order valence-corrected chi connectivity index (χ4v) is 6.09. The molecule has 0 saturated carbocycles. The quantitative estimate of drug-likeness (QED) is 0.164. The summed E-state index contributed by atoms with van der Waals surface area (Å²) in [6, 6.07) is 26.4. The topological polar surface area (TPSA) is 76.9 Å². The number of carbonyl (C=O) groups excluding carboxylic acids is 1. The van der Waals surface area contributed by atoms with E-state index in [1.165, 1.54) is 34.4 Å². The molecule has 1 amide bonds. The summed E-state index contributed by atoms with van der Waals surface area (Å²) in [5, 5.41) is 4.62. The van der Waals surface area contributed by atoms with E-state index in [9.17, 15) is 14.0 Å². The van der Waals surface area contributed by atoms with E-state index < -0.39 is 5.82 Å². The van der Waals surface area contributed by atoms with Gasteiger partial charge in [0.15, 0.2) is 5.16 Å². The Balaban J connectivity index is 0.00000323. The molecule has 0 atom stereocenters. The zero-order chi connectivity index (χ0) is 26.9. The first-order valence-electron chi connectivity index (χ1n) is 12.1. The molecule has 0 aliphatic heterocycles. The Kier molecular flexibility index (Phi) is 7.97. The Morgan fingerprint density at radius 1 is 0.950 bits per heavy atom. The van der Waals surface area contributed by atoms with Gasteiger partial charge in [-0.05, 0) is 85.3 Å². The lowest BCUT2D eigenvalue weighted by atomic mass is 10.2. The van der Waals surface area contributed by atoms with Crippen LogP contribution in [-0.4, -0.2) is 26.2 Å². The number of thioether (sulfide) groups is 1. The van der Waals surface area contributed by atoms with E-state index in [0.717, 1.165) is 32.5 Å². The fraction of sp³-hybridized carbons (Fsp3) is 0.0667. The molecule has 40 heavy (non-hydrogen) atoms. The fourth-order valence-electron chi connectivity index (χ4n) is 4.21. The van der Waals surface area contributed by atoms with Gasteiger partial charge in [-0.2, -0.15) is 0 Å². The minimum Gasteiger partial charge on any atom is -0.325 e. The summed E-state index contributed by atoms with van der Waals surface area (Å²) < 4.78 is 16.1. The number of rotatable bonds is 6. The Bertz CT molecular complexity index is 1900. The van der Waals surface area contributed by atoms with Crippen molar-refractivity contribution < 1.29 is 9.18 Å². The van der Waals surface area contributed by atoms with E-state index in [1.807, 2.05) is 30.3 Å². The molecule has 0 fully saturated rings. The van der Waals surface area contributed by atoms with Crippen LogP contribution in [0.15, 0.2) is 101 Å². The number of aryl methyl sites for hydroxylation is 1. The van der Waals surface area contributed by atoms with E-state index in [0.29, 0.717) is 27.4 Å². The third-order valence-electron chi connectivity index (χ3n) is 6.12.